The minimum atomic E-state index is 0.208. The first-order valence-corrected chi connectivity index (χ1v) is 11.1. The lowest BCUT2D eigenvalue weighted by Gasteiger charge is -2.31. The first kappa shape index (κ1) is 18.0. The molecule has 2 saturated carbocycles. The van der Waals surface area contributed by atoms with Gasteiger partial charge < -0.3 is 4.90 Å². The van der Waals surface area contributed by atoms with Crippen LogP contribution in [0.1, 0.15) is 75.0 Å². The third-order valence-corrected chi connectivity index (χ3v) is 7.01. The number of carbonyl (C=O) groups excluding carboxylic acids is 1. The van der Waals surface area contributed by atoms with Gasteiger partial charge in [-0.2, -0.15) is 5.10 Å². The monoisotopic (exact) mass is 377 g/mol. The summed E-state index contributed by atoms with van der Waals surface area (Å²) in [6, 6.07) is 11.1. The van der Waals surface area contributed by atoms with Crippen molar-refractivity contribution in [3.05, 3.63) is 47.8 Å². The summed E-state index contributed by atoms with van der Waals surface area (Å²) in [5, 5.41) is 4.59. The van der Waals surface area contributed by atoms with E-state index in [9.17, 15) is 4.79 Å². The Kier molecular flexibility index (Phi) is 4.73. The summed E-state index contributed by atoms with van der Waals surface area (Å²) in [4.78, 5) is 15.1. The van der Waals surface area contributed by atoms with Crippen LogP contribution in [0.25, 0.3) is 5.69 Å². The Morgan fingerprint density at radius 1 is 1.07 bits per heavy atom. The van der Waals surface area contributed by atoms with Crippen LogP contribution in [0.2, 0.25) is 0 Å². The van der Waals surface area contributed by atoms with E-state index < -0.39 is 0 Å². The van der Waals surface area contributed by atoms with Gasteiger partial charge in [0.05, 0.1) is 5.69 Å². The maximum absolute atomic E-state index is 13.0. The van der Waals surface area contributed by atoms with Crippen molar-refractivity contribution < 1.29 is 4.79 Å². The van der Waals surface area contributed by atoms with Crippen molar-refractivity contribution in [2.45, 2.75) is 63.7 Å². The van der Waals surface area contributed by atoms with Gasteiger partial charge in [-0.1, -0.05) is 25.5 Å². The van der Waals surface area contributed by atoms with Crippen molar-refractivity contribution >= 4 is 5.91 Å². The lowest BCUT2D eigenvalue weighted by Crippen LogP contribution is -2.36. The average molecular weight is 378 g/mol. The smallest absolute Gasteiger partial charge is 0.225 e. The zero-order chi connectivity index (χ0) is 19.1. The van der Waals surface area contributed by atoms with Gasteiger partial charge in [-0.25, -0.2) is 4.68 Å². The minimum absolute atomic E-state index is 0.208. The van der Waals surface area contributed by atoms with Crippen molar-refractivity contribution in [1.82, 2.24) is 14.7 Å². The van der Waals surface area contributed by atoms with Crippen LogP contribution >= 0.6 is 0 Å². The summed E-state index contributed by atoms with van der Waals surface area (Å²) < 4.78 is 2.12. The highest BCUT2D eigenvalue weighted by molar-refractivity contribution is 5.79. The van der Waals surface area contributed by atoms with Gasteiger partial charge in [0.25, 0.3) is 0 Å². The third-order valence-electron chi connectivity index (χ3n) is 7.01. The molecule has 4 nitrogen and oxygen atoms in total. The number of likely N-dealkylation sites (tertiary alicyclic amines) is 1. The number of aromatic nitrogens is 2. The summed E-state index contributed by atoms with van der Waals surface area (Å²) in [7, 11) is 0. The molecule has 1 aliphatic heterocycles. The molecule has 4 heteroatoms. The van der Waals surface area contributed by atoms with Crippen molar-refractivity contribution in [2.75, 3.05) is 13.1 Å². The van der Waals surface area contributed by atoms with E-state index in [4.69, 9.17) is 0 Å². The van der Waals surface area contributed by atoms with E-state index in [0.717, 1.165) is 38.8 Å². The molecular weight excluding hydrogens is 346 g/mol. The van der Waals surface area contributed by atoms with E-state index in [1.165, 1.54) is 36.2 Å². The molecular formula is C24H31N3O. The number of nitrogens with zero attached hydrogens (tertiary/aromatic N) is 3. The van der Waals surface area contributed by atoms with Gasteiger partial charge in [0.1, 0.15) is 0 Å². The minimum Gasteiger partial charge on any atom is -0.342 e. The average Bonchev–Trinajstić information content (AvgIpc) is 3.29. The molecule has 1 saturated heterocycles. The second-order valence-corrected chi connectivity index (χ2v) is 9.28. The Bertz CT molecular complexity index is 853. The lowest BCUT2D eigenvalue weighted by molar-refractivity contribution is -0.135. The molecule has 2 aromatic rings. The number of benzene rings is 1. The Morgan fingerprint density at radius 3 is 2.75 bits per heavy atom. The molecule has 1 aromatic heterocycles. The number of amides is 1. The van der Waals surface area contributed by atoms with Crippen molar-refractivity contribution in [2.24, 2.45) is 11.8 Å². The quantitative estimate of drug-likeness (QED) is 0.761. The molecule has 3 aliphatic rings. The first-order chi connectivity index (χ1) is 13.7. The summed E-state index contributed by atoms with van der Waals surface area (Å²) >= 11 is 0. The van der Waals surface area contributed by atoms with Crippen molar-refractivity contribution in [1.29, 1.82) is 0 Å². The normalized spacial score (nSPS) is 27.9. The van der Waals surface area contributed by atoms with Gasteiger partial charge in [-0.15, -0.1) is 0 Å². The molecule has 2 aliphatic carbocycles. The Labute approximate surface area is 167 Å². The predicted octanol–water partition coefficient (Wildman–Crippen LogP) is 4.89. The molecule has 148 valence electrons. The fourth-order valence-electron chi connectivity index (χ4n) is 5.24. The van der Waals surface area contributed by atoms with E-state index in [1.54, 1.807) is 0 Å². The molecule has 1 aromatic carbocycles. The second kappa shape index (κ2) is 7.38. The number of hydrogen-bond donors (Lipinski definition) is 0. The standard InChI is InChI=1S/C24H31N3O/c1-17-11-13-26(16-17)24(28)21-6-2-4-19(14-21)20-5-3-7-22(15-20)27-23(10-12-25-27)18-8-9-18/h3,5,7,10,12,15,17-19,21H,2,4,6,8-9,11,13-14,16H2,1H3. The molecule has 1 amide bonds. The van der Waals surface area contributed by atoms with E-state index in [0.29, 0.717) is 23.7 Å². The van der Waals surface area contributed by atoms with Crippen LogP contribution in [0.15, 0.2) is 36.5 Å². The van der Waals surface area contributed by atoms with E-state index >= 15 is 0 Å². The van der Waals surface area contributed by atoms with Gasteiger partial charge >= 0.3 is 0 Å². The topological polar surface area (TPSA) is 38.1 Å². The SMILES string of the molecule is CC1CCN(C(=O)C2CCCC(c3cccc(-n4nccc4C4CC4)c3)C2)C1. The lowest BCUT2D eigenvalue weighted by atomic mass is 9.77. The first-order valence-electron chi connectivity index (χ1n) is 11.1. The molecule has 0 spiro atoms. The predicted molar refractivity (Wildman–Crippen MR) is 111 cm³/mol. The van der Waals surface area contributed by atoms with Crippen molar-refractivity contribution in [3.8, 4) is 5.69 Å². The van der Waals surface area contributed by atoms with Crippen LogP contribution in [-0.2, 0) is 4.79 Å². The fraction of sp³-hybridized carbons (Fsp3) is 0.583. The molecule has 3 unspecified atom stereocenters. The number of rotatable bonds is 4. The Hall–Kier alpha value is -2.10. The molecule has 0 bridgehead atoms. The molecule has 28 heavy (non-hydrogen) atoms. The third kappa shape index (κ3) is 3.49. The highest BCUT2D eigenvalue weighted by atomic mass is 16.2. The summed E-state index contributed by atoms with van der Waals surface area (Å²) in [5.74, 6) is 2.45. The molecule has 3 atom stereocenters. The van der Waals surface area contributed by atoms with Gasteiger partial charge in [-0.05, 0) is 74.1 Å². The van der Waals surface area contributed by atoms with Gasteiger partial charge in [0.2, 0.25) is 5.91 Å². The molecule has 0 N–H and O–H groups in total. The maximum Gasteiger partial charge on any atom is 0.225 e. The van der Waals surface area contributed by atoms with Crippen LogP contribution in [0, 0.1) is 11.8 Å². The second-order valence-electron chi connectivity index (χ2n) is 9.28. The van der Waals surface area contributed by atoms with Gasteiger partial charge in [-0.3, -0.25) is 4.79 Å². The number of carbonyl (C=O) groups is 1. The molecule has 2 heterocycles. The number of hydrogen-bond acceptors (Lipinski definition) is 2. The van der Waals surface area contributed by atoms with Crippen LogP contribution in [0.3, 0.4) is 0 Å². The largest absolute Gasteiger partial charge is 0.342 e. The van der Waals surface area contributed by atoms with Crippen molar-refractivity contribution in [3.63, 3.8) is 0 Å². The zero-order valence-corrected chi connectivity index (χ0v) is 16.9. The van der Waals surface area contributed by atoms with Crippen LogP contribution in [0.4, 0.5) is 0 Å². The van der Waals surface area contributed by atoms with E-state index in [1.807, 2.05) is 6.20 Å². The highest BCUT2D eigenvalue weighted by Crippen LogP contribution is 2.41. The molecule has 0 radical (unpaired) electrons. The Balaban J connectivity index is 1.33. The zero-order valence-electron chi connectivity index (χ0n) is 16.9. The van der Waals surface area contributed by atoms with Gasteiger partial charge in [0, 0.05) is 36.8 Å². The highest BCUT2D eigenvalue weighted by Gasteiger charge is 2.33. The summed E-state index contributed by atoms with van der Waals surface area (Å²) in [6.45, 7) is 4.17. The van der Waals surface area contributed by atoms with E-state index in [-0.39, 0.29) is 5.92 Å². The molecule has 5 rings (SSSR count). The summed E-state index contributed by atoms with van der Waals surface area (Å²) in [5.41, 5.74) is 3.89. The van der Waals surface area contributed by atoms with E-state index in [2.05, 4.69) is 51.9 Å². The van der Waals surface area contributed by atoms with Gasteiger partial charge in [0.15, 0.2) is 0 Å². The van der Waals surface area contributed by atoms with Crippen LogP contribution in [-0.4, -0.2) is 33.7 Å². The fourth-order valence-corrected chi connectivity index (χ4v) is 5.24. The summed E-state index contributed by atoms with van der Waals surface area (Å²) in [6.07, 6.45) is 10.1. The molecule has 3 fully saturated rings. The van der Waals surface area contributed by atoms with Crippen LogP contribution < -0.4 is 0 Å². The Morgan fingerprint density at radius 2 is 1.96 bits per heavy atom. The maximum atomic E-state index is 13.0. The van der Waals surface area contributed by atoms with Crippen LogP contribution in [0.5, 0.6) is 0 Å².